The number of aromatic amines is 1. The molecule has 0 bridgehead atoms. The topological polar surface area (TPSA) is 15.8 Å². The summed E-state index contributed by atoms with van der Waals surface area (Å²) in [6.07, 6.45) is 6.03. The van der Waals surface area contributed by atoms with Gasteiger partial charge in [-0.15, -0.1) is 0 Å². The third kappa shape index (κ3) is 2.53. The number of hydrogen-bond acceptors (Lipinski definition) is 0. The summed E-state index contributed by atoms with van der Waals surface area (Å²) in [5, 5.41) is 2.50. The molecule has 0 unspecified atom stereocenters. The Bertz CT molecular complexity index is 756. The van der Waals surface area contributed by atoms with Crippen LogP contribution >= 0.6 is 23.2 Å². The fourth-order valence-corrected chi connectivity index (χ4v) is 2.52. The lowest BCUT2D eigenvalue weighted by atomic mass is 10.1. The minimum Gasteiger partial charge on any atom is -0.361 e. The van der Waals surface area contributed by atoms with Crippen molar-refractivity contribution in [2.24, 2.45) is 0 Å². The first-order valence-corrected chi connectivity index (χ1v) is 6.69. The van der Waals surface area contributed by atoms with Crippen molar-refractivity contribution >= 4 is 46.3 Å². The van der Waals surface area contributed by atoms with Gasteiger partial charge >= 0.3 is 0 Å². The number of fused-ring (bicyclic) bond motifs is 1. The Hall–Kier alpha value is -1.70. The van der Waals surface area contributed by atoms with E-state index in [-0.39, 0.29) is 0 Å². The van der Waals surface area contributed by atoms with Crippen LogP contribution in [0.1, 0.15) is 11.1 Å². The van der Waals surface area contributed by atoms with Crippen LogP contribution in [0.3, 0.4) is 0 Å². The first-order valence-electron chi connectivity index (χ1n) is 5.93. The Balaban J connectivity index is 1.98. The van der Waals surface area contributed by atoms with E-state index in [1.54, 1.807) is 6.07 Å². The Kier molecular flexibility index (Phi) is 3.33. The molecule has 94 valence electrons. The van der Waals surface area contributed by atoms with E-state index in [1.807, 2.05) is 42.6 Å². The summed E-state index contributed by atoms with van der Waals surface area (Å²) in [5.74, 6) is 0. The zero-order valence-electron chi connectivity index (χ0n) is 10.0. The van der Waals surface area contributed by atoms with Crippen molar-refractivity contribution in [3.8, 4) is 0 Å². The Labute approximate surface area is 121 Å². The van der Waals surface area contributed by atoms with Crippen molar-refractivity contribution < 1.29 is 0 Å². The molecular formula is C16H11Cl2N. The largest absolute Gasteiger partial charge is 0.361 e. The van der Waals surface area contributed by atoms with Gasteiger partial charge in [0.05, 0.1) is 0 Å². The lowest BCUT2D eigenvalue weighted by Crippen LogP contribution is -1.75. The number of rotatable bonds is 2. The molecule has 0 aliphatic carbocycles. The van der Waals surface area contributed by atoms with Gasteiger partial charge in [0, 0.05) is 27.1 Å². The van der Waals surface area contributed by atoms with E-state index in [9.17, 15) is 0 Å². The van der Waals surface area contributed by atoms with Crippen LogP contribution in [0, 0.1) is 0 Å². The van der Waals surface area contributed by atoms with Crippen LogP contribution in [0.2, 0.25) is 10.0 Å². The highest BCUT2D eigenvalue weighted by Gasteiger charge is 2.00. The SMILES string of the molecule is Clc1ccc(/C=C\c2c[nH]c3ccccc23)c(Cl)c1. The van der Waals surface area contributed by atoms with Gasteiger partial charge in [0.25, 0.3) is 0 Å². The second-order valence-electron chi connectivity index (χ2n) is 4.29. The van der Waals surface area contributed by atoms with Crippen molar-refractivity contribution in [2.75, 3.05) is 0 Å². The van der Waals surface area contributed by atoms with Crippen molar-refractivity contribution in [1.29, 1.82) is 0 Å². The maximum Gasteiger partial charge on any atom is 0.0493 e. The maximum atomic E-state index is 6.14. The molecule has 0 aliphatic rings. The molecule has 3 aromatic rings. The van der Waals surface area contributed by atoms with E-state index in [2.05, 4.69) is 17.1 Å². The van der Waals surface area contributed by atoms with Gasteiger partial charge in [-0.2, -0.15) is 0 Å². The normalized spacial score (nSPS) is 11.5. The highest BCUT2D eigenvalue weighted by atomic mass is 35.5. The number of nitrogens with one attached hydrogen (secondary N) is 1. The summed E-state index contributed by atoms with van der Waals surface area (Å²) in [6.45, 7) is 0. The summed E-state index contributed by atoms with van der Waals surface area (Å²) in [7, 11) is 0. The fourth-order valence-electron chi connectivity index (χ4n) is 2.05. The molecule has 3 heteroatoms. The second-order valence-corrected chi connectivity index (χ2v) is 5.13. The molecule has 2 aromatic carbocycles. The predicted octanol–water partition coefficient (Wildman–Crippen LogP) is 5.65. The summed E-state index contributed by atoms with van der Waals surface area (Å²) in [5.41, 5.74) is 3.22. The monoisotopic (exact) mass is 287 g/mol. The Morgan fingerprint density at radius 1 is 0.895 bits per heavy atom. The number of benzene rings is 2. The minimum atomic E-state index is 0.647. The molecule has 0 radical (unpaired) electrons. The summed E-state index contributed by atoms with van der Waals surface area (Å²) in [4.78, 5) is 3.24. The molecule has 1 N–H and O–H groups in total. The van der Waals surface area contributed by atoms with Gasteiger partial charge in [-0.05, 0) is 29.3 Å². The molecular weight excluding hydrogens is 277 g/mol. The third-order valence-corrected chi connectivity index (χ3v) is 3.59. The number of aromatic nitrogens is 1. The highest BCUT2D eigenvalue weighted by molar-refractivity contribution is 6.35. The van der Waals surface area contributed by atoms with E-state index in [0.29, 0.717) is 10.0 Å². The van der Waals surface area contributed by atoms with Gasteiger partial charge in [-0.3, -0.25) is 0 Å². The highest BCUT2D eigenvalue weighted by Crippen LogP contribution is 2.24. The second kappa shape index (κ2) is 5.12. The van der Waals surface area contributed by atoms with Crippen LogP contribution in [0.15, 0.2) is 48.7 Å². The van der Waals surface area contributed by atoms with Crippen molar-refractivity contribution in [3.05, 3.63) is 69.8 Å². The van der Waals surface area contributed by atoms with Gasteiger partial charge < -0.3 is 4.98 Å². The van der Waals surface area contributed by atoms with Crippen LogP contribution in [0.25, 0.3) is 23.1 Å². The van der Waals surface area contributed by atoms with Crippen LogP contribution in [-0.2, 0) is 0 Å². The molecule has 1 nitrogen and oxygen atoms in total. The summed E-state index contributed by atoms with van der Waals surface area (Å²) in [6, 6.07) is 13.7. The van der Waals surface area contributed by atoms with Crippen molar-refractivity contribution in [2.45, 2.75) is 0 Å². The molecule has 0 amide bonds. The number of H-pyrrole nitrogens is 1. The molecule has 19 heavy (non-hydrogen) atoms. The summed E-state index contributed by atoms with van der Waals surface area (Å²) < 4.78 is 0. The quantitative estimate of drug-likeness (QED) is 0.627. The zero-order chi connectivity index (χ0) is 13.2. The Morgan fingerprint density at radius 3 is 2.53 bits per heavy atom. The molecule has 0 atom stereocenters. The van der Waals surface area contributed by atoms with Crippen LogP contribution < -0.4 is 0 Å². The van der Waals surface area contributed by atoms with Crippen molar-refractivity contribution in [3.63, 3.8) is 0 Å². The number of para-hydroxylation sites is 1. The van der Waals surface area contributed by atoms with Gasteiger partial charge in [0.15, 0.2) is 0 Å². The predicted molar refractivity (Wildman–Crippen MR) is 83.7 cm³/mol. The number of hydrogen-bond donors (Lipinski definition) is 1. The van der Waals surface area contributed by atoms with Gasteiger partial charge in [-0.1, -0.05) is 59.6 Å². The molecule has 0 spiro atoms. The molecule has 3 rings (SSSR count). The standard InChI is InChI=1S/C16H11Cl2N/c17-13-8-7-11(15(18)9-13)5-6-12-10-19-16-4-2-1-3-14(12)16/h1-10,19H/b6-5-. The average Bonchev–Trinajstić information content (AvgIpc) is 2.81. The molecule has 0 saturated heterocycles. The fraction of sp³-hybridized carbons (Fsp3) is 0. The van der Waals surface area contributed by atoms with Gasteiger partial charge in [0.1, 0.15) is 0 Å². The lowest BCUT2D eigenvalue weighted by molar-refractivity contribution is 1.47. The van der Waals surface area contributed by atoms with E-state index in [4.69, 9.17) is 23.2 Å². The molecule has 0 saturated carbocycles. The first kappa shape index (κ1) is 12.3. The minimum absolute atomic E-state index is 0.647. The molecule has 0 fully saturated rings. The van der Waals surface area contributed by atoms with E-state index in [1.165, 1.54) is 5.39 Å². The zero-order valence-corrected chi connectivity index (χ0v) is 11.5. The molecule has 1 heterocycles. The third-order valence-electron chi connectivity index (χ3n) is 3.03. The van der Waals surface area contributed by atoms with Crippen LogP contribution in [0.5, 0.6) is 0 Å². The average molecular weight is 288 g/mol. The van der Waals surface area contributed by atoms with E-state index in [0.717, 1.165) is 16.6 Å². The van der Waals surface area contributed by atoms with Crippen LogP contribution in [0.4, 0.5) is 0 Å². The summed E-state index contributed by atoms with van der Waals surface area (Å²) >= 11 is 12.0. The number of halogens is 2. The van der Waals surface area contributed by atoms with Gasteiger partial charge in [0.2, 0.25) is 0 Å². The molecule has 0 aliphatic heterocycles. The van der Waals surface area contributed by atoms with Crippen LogP contribution in [-0.4, -0.2) is 4.98 Å². The smallest absolute Gasteiger partial charge is 0.0493 e. The maximum absolute atomic E-state index is 6.14. The Morgan fingerprint density at radius 2 is 1.68 bits per heavy atom. The van der Waals surface area contributed by atoms with E-state index < -0.39 is 0 Å². The van der Waals surface area contributed by atoms with E-state index >= 15 is 0 Å². The molecule has 1 aromatic heterocycles. The van der Waals surface area contributed by atoms with Crippen molar-refractivity contribution in [1.82, 2.24) is 4.98 Å². The lowest BCUT2D eigenvalue weighted by Gasteiger charge is -1.98. The first-order chi connectivity index (χ1) is 9.24. The van der Waals surface area contributed by atoms with Gasteiger partial charge in [-0.25, -0.2) is 0 Å².